The van der Waals surface area contributed by atoms with Crippen LogP contribution in [-0.2, 0) is 11.3 Å². The van der Waals surface area contributed by atoms with Crippen LogP contribution >= 0.6 is 0 Å². The first-order valence-corrected chi connectivity index (χ1v) is 9.66. The number of hydrogen-bond donors (Lipinski definition) is 1. The molecule has 0 aliphatic carbocycles. The number of ether oxygens (including phenoxy) is 1. The van der Waals surface area contributed by atoms with Crippen LogP contribution in [0, 0.1) is 0 Å². The maximum atomic E-state index is 11.3. The number of anilines is 1. The fraction of sp³-hybridized carbons (Fsp3) is 0.286. The molecule has 0 spiro atoms. The molecule has 8 heteroatoms. The minimum atomic E-state index is -0.365. The highest BCUT2D eigenvalue weighted by atomic mass is 16.5. The second-order valence-electron chi connectivity index (χ2n) is 7.28. The van der Waals surface area contributed by atoms with Crippen molar-refractivity contribution in [1.29, 1.82) is 0 Å². The van der Waals surface area contributed by atoms with E-state index in [0.29, 0.717) is 0 Å². The maximum Gasteiger partial charge on any atom is 0.237 e. The van der Waals surface area contributed by atoms with E-state index in [1.807, 2.05) is 41.1 Å². The van der Waals surface area contributed by atoms with Gasteiger partial charge in [0.2, 0.25) is 5.91 Å². The quantitative estimate of drug-likeness (QED) is 0.562. The highest BCUT2D eigenvalue weighted by Crippen LogP contribution is 2.31. The average molecular weight is 391 g/mol. The second-order valence-corrected chi connectivity index (χ2v) is 7.28. The Bertz CT molecular complexity index is 1170. The van der Waals surface area contributed by atoms with Crippen molar-refractivity contribution in [2.24, 2.45) is 5.73 Å². The molecule has 0 radical (unpaired) electrons. The van der Waals surface area contributed by atoms with Gasteiger partial charge in [-0.3, -0.25) is 4.79 Å². The van der Waals surface area contributed by atoms with E-state index in [0.717, 1.165) is 59.4 Å². The largest absolute Gasteiger partial charge is 0.490 e. The molecule has 1 aromatic carbocycles. The average Bonchev–Trinajstić information content (AvgIpc) is 3.36. The number of benzene rings is 1. The first-order valence-electron chi connectivity index (χ1n) is 9.66. The zero-order valence-corrected chi connectivity index (χ0v) is 15.8. The third-order valence-corrected chi connectivity index (χ3v) is 5.38. The van der Waals surface area contributed by atoms with Crippen molar-refractivity contribution in [2.75, 3.05) is 18.0 Å². The van der Waals surface area contributed by atoms with Crippen LogP contribution in [0.4, 0.5) is 5.82 Å². The van der Waals surface area contributed by atoms with Gasteiger partial charge in [-0.25, -0.2) is 0 Å². The molecular formula is C21H21N5O3. The minimum absolute atomic E-state index is 0.111. The van der Waals surface area contributed by atoms with Gasteiger partial charge in [-0.1, -0.05) is 6.07 Å². The van der Waals surface area contributed by atoms with Gasteiger partial charge in [-0.15, -0.1) is 5.10 Å². The molecule has 0 bridgehead atoms. The predicted octanol–water partition coefficient (Wildman–Crippen LogP) is 2.71. The minimum Gasteiger partial charge on any atom is -0.490 e. The first kappa shape index (κ1) is 17.5. The lowest BCUT2D eigenvalue weighted by atomic mass is 10.1. The van der Waals surface area contributed by atoms with Crippen LogP contribution in [0.1, 0.15) is 12.8 Å². The fourth-order valence-corrected chi connectivity index (χ4v) is 3.97. The van der Waals surface area contributed by atoms with E-state index >= 15 is 0 Å². The molecule has 4 aromatic rings. The van der Waals surface area contributed by atoms with Crippen molar-refractivity contribution >= 4 is 33.6 Å². The Hall–Kier alpha value is -3.55. The van der Waals surface area contributed by atoms with E-state index in [1.54, 1.807) is 12.5 Å². The number of aromatic nitrogens is 3. The standard InChI is InChI=1S/C21H21N5O3/c22-19(27)13-26-10-6-16-17(26)2-1-3-18(16)29-15-4-8-25(9-5-15)21-20-14(7-11-28-20)12-23-24-21/h1-3,6-7,10-12,15H,4-5,8-9,13H2,(H2,22,27). The van der Waals surface area contributed by atoms with Crippen LogP contribution in [0.25, 0.3) is 21.9 Å². The highest BCUT2D eigenvalue weighted by Gasteiger charge is 2.24. The summed E-state index contributed by atoms with van der Waals surface area (Å²) in [5.41, 5.74) is 7.06. The Morgan fingerprint density at radius 2 is 2.10 bits per heavy atom. The summed E-state index contributed by atoms with van der Waals surface area (Å²) in [6.07, 6.45) is 7.10. The van der Waals surface area contributed by atoms with Gasteiger partial charge in [-0.2, -0.15) is 5.10 Å². The van der Waals surface area contributed by atoms with Gasteiger partial charge in [-0.05, 0) is 24.3 Å². The number of carbonyl (C=O) groups is 1. The predicted molar refractivity (Wildman–Crippen MR) is 109 cm³/mol. The number of hydrogen-bond acceptors (Lipinski definition) is 6. The number of carbonyl (C=O) groups excluding carboxylic acids is 1. The molecule has 4 heterocycles. The molecular weight excluding hydrogens is 370 g/mol. The molecule has 2 N–H and O–H groups in total. The highest BCUT2D eigenvalue weighted by molar-refractivity contribution is 5.88. The normalized spacial score (nSPS) is 15.2. The lowest BCUT2D eigenvalue weighted by molar-refractivity contribution is -0.118. The zero-order chi connectivity index (χ0) is 19.8. The Labute approximate surface area is 166 Å². The van der Waals surface area contributed by atoms with Gasteiger partial charge in [0.15, 0.2) is 11.4 Å². The molecule has 148 valence electrons. The smallest absolute Gasteiger partial charge is 0.237 e. The topological polar surface area (TPSA) is 99.4 Å². The Morgan fingerprint density at radius 1 is 1.24 bits per heavy atom. The third kappa shape index (κ3) is 3.26. The lowest BCUT2D eigenvalue weighted by Crippen LogP contribution is -2.38. The summed E-state index contributed by atoms with van der Waals surface area (Å²) in [5.74, 6) is 1.25. The van der Waals surface area contributed by atoms with Crippen LogP contribution in [0.5, 0.6) is 5.75 Å². The van der Waals surface area contributed by atoms with Crippen molar-refractivity contribution in [2.45, 2.75) is 25.5 Å². The molecule has 0 atom stereocenters. The number of nitrogens with zero attached hydrogens (tertiary/aromatic N) is 4. The Kier molecular flexibility index (Phi) is 4.31. The summed E-state index contributed by atoms with van der Waals surface area (Å²) in [7, 11) is 0. The number of amides is 1. The van der Waals surface area contributed by atoms with Crippen LogP contribution in [0.2, 0.25) is 0 Å². The first-order chi connectivity index (χ1) is 14.2. The van der Waals surface area contributed by atoms with E-state index in [1.165, 1.54) is 0 Å². The van der Waals surface area contributed by atoms with Crippen LogP contribution in [0.3, 0.4) is 0 Å². The molecule has 0 saturated carbocycles. The van der Waals surface area contributed by atoms with Crippen molar-refractivity contribution in [3.8, 4) is 5.75 Å². The summed E-state index contributed by atoms with van der Waals surface area (Å²) < 4.78 is 13.8. The van der Waals surface area contributed by atoms with Gasteiger partial charge >= 0.3 is 0 Å². The van der Waals surface area contributed by atoms with Gasteiger partial charge in [0.1, 0.15) is 18.4 Å². The Balaban J connectivity index is 1.30. The molecule has 29 heavy (non-hydrogen) atoms. The number of rotatable bonds is 5. The summed E-state index contributed by atoms with van der Waals surface area (Å²) >= 11 is 0. The van der Waals surface area contributed by atoms with Crippen LogP contribution < -0.4 is 15.4 Å². The molecule has 5 rings (SSSR count). The van der Waals surface area contributed by atoms with Gasteiger partial charge in [0.05, 0.1) is 18.0 Å². The molecule has 1 aliphatic heterocycles. The number of primary amides is 1. The number of furan rings is 1. The molecule has 8 nitrogen and oxygen atoms in total. The second kappa shape index (κ2) is 7.12. The summed E-state index contributed by atoms with van der Waals surface area (Å²) in [5, 5.41) is 10.3. The third-order valence-electron chi connectivity index (χ3n) is 5.38. The fourth-order valence-electron chi connectivity index (χ4n) is 3.97. The maximum absolute atomic E-state index is 11.3. The van der Waals surface area contributed by atoms with E-state index in [4.69, 9.17) is 14.9 Å². The van der Waals surface area contributed by atoms with E-state index in [9.17, 15) is 4.79 Å². The number of fused-ring (bicyclic) bond motifs is 2. The summed E-state index contributed by atoms with van der Waals surface area (Å²) in [4.78, 5) is 13.5. The van der Waals surface area contributed by atoms with Gasteiger partial charge in [0.25, 0.3) is 0 Å². The molecule has 3 aromatic heterocycles. The molecule has 1 saturated heterocycles. The van der Waals surface area contributed by atoms with Gasteiger partial charge < -0.3 is 24.4 Å². The molecule has 0 unspecified atom stereocenters. The molecule has 1 fully saturated rings. The number of piperidine rings is 1. The van der Waals surface area contributed by atoms with Crippen molar-refractivity contribution in [3.63, 3.8) is 0 Å². The number of nitrogens with two attached hydrogens (primary N) is 1. The molecule has 1 amide bonds. The molecule has 1 aliphatic rings. The van der Waals surface area contributed by atoms with E-state index in [-0.39, 0.29) is 18.6 Å². The van der Waals surface area contributed by atoms with Crippen LogP contribution in [0.15, 0.2) is 53.4 Å². The van der Waals surface area contributed by atoms with Crippen molar-refractivity contribution < 1.29 is 13.9 Å². The lowest BCUT2D eigenvalue weighted by Gasteiger charge is -2.32. The summed E-state index contributed by atoms with van der Waals surface area (Å²) in [6, 6.07) is 9.75. The monoisotopic (exact) mass is 391 g/mol. The van der Waals surface area contributed by atoms with Gasteiger partial charge in [0, 0.05) is 42.9 Å². The summed E-state index contributed by atoms with van der Waals surface area (Å²) in [6.45, 7) is 1.79. The van der Waals surface area contributed by atoms with E-state index < -0.39 is 0 Å². The van der Waals surface area contributed by atoms with Crippen molar-refractivity contribution in [3.05, 3.63) is 49.0 Å². The van der Waals surface area contributed by atoms with Crippen molar-refractivity contribution in [1.82, 2.24) is 14.8 Å². The van der Waals surface area contributed by atoms with Crippen LogP contribution in [-0.4, -0.2) is 39.9 Å². The zero-order valence-electron chi connectivity index (χ0n) is 15.8. The van der Waals surface area contributed by atoms with E-state index in [2.05, 4.69) is 15.1 Å². The SMILES string of the molecule is NC(=O)Cn1ccc2c(OC3CCN(c4nncc5ccoc45)CC3)cccc21. The Morgan fingerprint density at radius 3 is 2.93 bits per heavy atom.